The highest BCUT2D eigenvalue weighted by Gasteiger charge is 2.32. The Morgan fingerprint density at radius 3 is 2.05 bits per heavy atom. The molecule has 0 saturated carbocycles. The first-order valence-electron chi connectivity index (χ1n) is 6.65. The molecule has 0 heterocycles. The molecule has 0 fully saturated rings. The van der Waals surface area contributed by atoms with Crippen molar-refractivity contribution in [2.75, 3.05) is 6.35 Å². The summed E-state index contributed by atoms with van der Waals surface area (Å²) < 4.78 is 52.7. The molecule has 0 unspecified atom stereocenters. The van der Waals surface area contributed by atoms with Crippen LogP contribution < -0.4 is 0 Å². The Bertz CT molecular complexity index is 630. The molecule has 0 aliphatic carbocycles. The summed E-state index contributed by atoms with van der Waals surface area (Å²) in [5.41, 5.74) is 0. The molecule has 1 aromatic rings. The summed E-state index contributed by atoms with van der Waals surface area (Å²) in [5.74, 6) is 0. The van der Waals surface area contributed by atoms with Crippen LogP contribution in [-0.4, -0.2) is 27.0 Å². The van der Waals surface area contributed by atoms with E-state index < -0.39 is 24.1 Å². The van der Waals surface area contributed by atoms with Crippen molar-refractivity contribution in [2.45, 2.75) is 44.8 Å². The van der Waals surface area contributed by atoms with E-state index in [0.29, 0.717) is 4.47 Å². The SMILES string of the molecule is CC(C)OP(=O)(COS(=O)(=O)c1ccccc1Br)OC(C)C. The van der Waals surface area contributed by atoms with E-state index >= 15 is 0 Å². The first kappa shape index (κ1) is 19.8. The standard InChI is InChI=1S/C13H20BrO6PS/c1-10(2)19-21(15,20-11(3)4)9-18-22(16,17)13-8-6-5-7-12(13)14/h5-8,10-11H,9H2,1-4H3. The van der Waals surface area contributed by atoms with Crippen molar-refractivity contribution < 1.29 is 26.2 Å². The van der Waals surface area contributed by atoms with Gasteiger partial charge >= 0.3 is 7.60 Å². The topological polar surface area (TPSA) is 78.9 Å². The van der Waals surface area contributed by atoms with Gasteiger partial charge in [-0.3, -0.25) is 8.75 Å². The van der Waals surface area contributed by atoms with Gasteiger partial charge < -0.3 is 9.05 Å². The van der Waals surface area contributed by atoms with Crippen LogP contribution >= 0.6 is 23.5 Å². The third kappa shape index (κ3) is 6.10. The summed E-state index contributed by atoms with van der Waals surface area (Å²) in [4.78, 5) is -0.0457. The van der Waals surface area contributed by atoms with E-state index in [-0.39, 0.29) is 17.1 Å². The molecule has 0 spiro atoms. The largest absolute Gasteiger partial charge is 0.358 e. The molecular formula is C13H20BrO6PS. The fourth-order valence-corrected chi connectivity index (χ4v) is 5.66. The molecule has 0 radical (unpaired) electrons. The molecule has 9 heteroatoms. The molecule has 0 aromatic heterocycles. The van der Waals surface area contributed by atoms with Gasteiger partial charge in [-0.2, -0.15) is 8.42 Å². The maximum Gasteiger partial charge on any atom is 0.358 e. The van der Waals surface area contributed by atoms with Crippen molar-refractivity contribution in [3.8, 4) is 0 Å². The molecule has 0 aliphatic rings. The summed E-state index contributed by atoms with van der Waals surface area (Å²) >= 11 is 3.14. The number of hydrogen-bond donors (Lipinski definition) is 0. The van der Waals surface area contributed by atoms with Crippen molar-refractivity contribution in [2.24, 2.45) is 0 Å². The zero-order chi connectivity index (χ0) is 17.0. The second kappa shape index (κ2) is 8.04. The number of rotatable bonds is 8. The minimum Gasteiger partial charge on any atom is -0.304 e. The average Bonchev–Trinajstić information content (AvgIpc) is 2.35. The smallest absolute Gasteiger partial charge is 0.304 e. The lowest BCUT2D eigenvalue weighted by Gasteiger charge is -2.22. The molecular weight excluding hydrogens is 395 g/mol. The monoisotopic (exact) mass is 414 g/mol. The van der Waals surface area contributed by atoms with Gasteiger partial charge in [-0.05, 0) is 55.8 Å². The van der Waals surface area contributed by atoms with Gasteiger partial charge in [0.15, 0.2) is 6.35 Å². The third-order valence-corrected chi connectivity index (χ3v) is 6.60. The van der Waals surface area contributed by atoms with E-state index in [4.69, 9.17) is 13.2 Å². The minimum atomic E-state index is -4.07. The Morgan fingerprint density at radius 1 is 1.09 bits per heavy atom. The van der Waals surface area contributed by atoms with Crippen molar-refractivity contribution in [3.63, 3.8) is 0 Å². The molecule has 0 saturated heterocycles. The zero-order valence-corrected chi connectivity index (χ0v) is 16.2. The van der Waals surface area contributed by atoms with Crippen LogP contribution in [0.4, 0.5) is 0 Å². The molecule has 0 bridgehead atoms. The summed E-state index contributed by atoms with van der Waals surface area (Å²) in [7, 11) is -7.76. The summed E-state index contributed by atoms with van der Waals surface area (Å²) in [6.07, 6.45) is -1.45. The first-order valence-corrected chi connectivity index (χ1v) is 10.6. The highest BCUT2D eigenvalue weighted by Crippen LogP contribution is 2.51. The van der Waals surface area contributed by atoms with E-state index in [1.54, 1.807) is 45.9 Å². The van der Waals surface area contributed by atoms with Crippen LogP contribution in [0.15, 0.2) is 33.6 Å². The van der Waals surface area contributed by atoms with Crippen molar-refractivity contribution >= 4 is 33.6 Å². The lowest BCUT2D eigenvalue weighted by Crippen LogP contribution is -2.15. The Balaban J connectivity index is 2.93. The van der Waals surface area contributed by atoms with Crippen molar-refractivity contribution in [1.82, 2.24) is 0 Å². The van der Waals surface area contributed by atoms with Crippen LogP contribution in [0.3, 0.4) is 0 Å². The highest BCUT2D eigenvalue weighted by molar-refractivity contribution is 9.10. The lowest BCUT2D eigenvalue weighted by molar-refractivity contribution is 0.129. The normalized spacial score (nSPS) is 13.0. The second-order valence-electron chi connectivity index (χ2n) is 5.05. The molecule has 126 valence electrons. The van der Waals surface area contributed by atoms with E-state index in [9.17, 15) is 13.0 Å². The van der Waals surface area contributed by atoms with Gasteiger partial charge in [-0.15, -0.1) is 0 Å². The highest BCUT2D eigenvalue weighted by atomic mass is 79.9. The molecule has 6 nitrogen and oxygen atoms in total. The first-order chi connectivity index (χ1) is 10.1. The van der Waals surface area contributed by atoms with Crippen molar-refractivity contribution in [1.29, 1.82) is 0 Å². The Kier molecular flexibility index (Phi) is 7.23. The van der Waals surface area contributed by atoms with Crippen LogP contribution in [0.25, 0.3) is 0 Å². The van der Waals surface area contributed by atoms with Gasteiger partial charge in [0.1, 0.15) is 4.90 Å². The number of benzene rings is 1. The maximum absolute atomic E-state index is 12.6. The van der Waals surface area contributed by atoms with Gasteiger partial charge in [-0.1, -0.05) is 12.1 Å². The average molecular weight is 415 g/mol. The number of hydrogen-bond acceptors (Lipinski definition) is 6. The van der Waals surface area contributed by atoms with Crippen LogP contribution in [0.5, 0.6) is 0 Å². The van der Waals surface area contributed by atoms with Gasteiger partial charge in [0, 0.05) is 4.47 Å². The molecule has 1 aromatic carbocycles. The van der Waals surface area contributed by atoms with Gasteiger partial charge in [0.2, 0.25) is 0 Å². The molecule has 0 atom stereocenters. The summed E-state index contributed by atoms with van der Waals surface area (Å²) in [6.45, 7) is 6.72. The molecule has 1 rings (SSSR count). The van der Waals surface area contributed by atoms with Crippen LogP contribution in [0.2, 0.25) is 0 Å². The van der Waals surface area contributed by atoms with Crippen LogP contribution in [0.1, 0.15) is 27.7 Å². The fourth-order valence-electron chi connectivity index (χ4n) is 1.57. The van der Waals surface area contributed by atoms with Crippen LogP contribution in [0, 0.1) is 0 Å². The molecule has 22 heavy (non-hydrogen) atoms. The van der Waals surface area contributed by atoms with Gasteiger partial charge in [-0.25, -0.2) is 0 Å². The number of halogens is 1. The van der Waals surface area contributed by atoms with Crippen LogP contribution in [-0.2, 0) is 27.9 Å². The van der Waals surface area contributed by atoms with E-state index in [1.807, 2.05) is 0 Å². The minimum absolute atomic E-state index is 0.0457. The second-order valence-corrected chi connectivity index (χ2v) is 9.39. The summed E-state index contributed by atoms with van der Waals surface area (Å²) in [6, 6.07) is 6.20. The Morgan fingerprint density at radius 2 is 1.59 bits per heavy atom. The zero-order valence-electron chi connectivity index (χ0n) is 12.9. The predicted molar refractivity (Wildman–Crippen MR) is 87.3 cm³/mol. The third-order valence-electron chi connectivity index (χ3n) is 2.21. The Labute approximate surface area is 139 Å². The molecule has 0 N–H and O–H groups in total. The van der Waals surface area contributed by atoms with E-state index in [0.717, 1.165) is 0 Å². The maximum atomic E-state index is 12.6. The predicted octanol–water partition coefficient (Wildman–Crippen LogP) is 4.16. The van der Waals surface area contributed by atoms with E-state index in [1.165, 1.54) is 6.07 Å². The van der Waals surface area contributed by atoms with Crippen molar-refractivity contribution in [3.05, 3.63) is 28.7 Å². The summed E-state index contributed by atoms with van der Waals surface area (Å²) in [5, 5.41) is 0. The molecule has 0 amide bonds. The lowest BCUT2D eigenvalue weighted by atomic mass is 10.4. The Hall–Kier alpha value is -0.240. The quantitative estimate of drug-likeness (QED) is 0.469. The molecule has 0 aliphatic heterocycles. The fraction of sp³-hybridized carbons (Fsp3) is 0.538. The van der Waals surface area contributed by atoms with Gasteiger partial charge in [0.25, 0.3) is 10.1 Å². The van der Waals surface area contributed by atoms with E-state index in [2.05, 4.69) is 15.9 Å². The van der Waals surface area contributed by atoms with Gasteiger partial charge in [0.05, 0.1) is 12.2 Å².